The Labute approximate surface area is 90.9 Å². The SMILES string of the molecule is CC1CN(CCCC(=N)N)CC(C)S1. The molecule has 3 nitrogen and oxygen atoms in total. The van der Waals surface area contributed by atoms with E-state index in [4.69, 9.17) is 11.1 Å². The summed E-state index contributed by atoms with van der Waals surface area (Å²) in [6, 6.07) is 0. The van der Waals surface area contributed by atoms with E-state index in [1.165, 1.54) is 13.1 Å². The molecule has 0 aromatic heterocycles. The first-order valence-corrected chi connectivity index (χ1v) is 6.23. The zero-order valence-electron chi connectivity index (χ0n) is 9.12. The van der Waals surface area contributed by atoms with Crippen LogP contribution in [0.5, 0.6) is 0 Å². The fourth-order valence-corrected chi connectivity index (χ4v) is 3.35. The van der Waals surface area contributed by atoms with Gasteiger partial charge in [0, 0.05) is 30.0 Å². The van der Waals surface area contributed by atoms with Gasteiger partial charge in [-0.25, -0.2) is 0 Å². The molecule has 3 N–H and O–H groups in total. The molecule has 2 unspecified atom stereocenters. The van der Waals surface area contributed by atoms with E-state index in [2.05, 4.69) is 30.5 Å². The Morgan fingerprint density at radius 1 is 1.43 bits per heavy atom. The number of nitrogens with zero attached hydrogens (tertiary/aromatic N) is 1. The maximum atomic E-state index is 7.15. The second kappa shape index (κ2) is 5.61. The Bertz CT molecular complexity index is 186. The first kappa shape index (κ1) is 11.9. The van der Waals surface area contributed by atoms with Crippen LogP contribution >= 0.6 is 11.8 Å². The van der Waals surface area contributed by atoms with Crippen LogP contribution in [0.4, 0.5) is 0 Å². The number of thioether (sulfide) groups is 1. The second-order valence-corrected chi connectivity index (χ2v) is 6.03. The van der Waals surface area contributed by atoms with Crippen molar-refractivity contribution in [2.24, 2.45) is 5.73 Å². The third-order valence-electron chi connectivity index (χ3n) is 2.42. The van der Waals surface area contributed by atoms with Crippen LogP contribution in [0.25, 0.3) is 0 Å². The molecule has 1 aliphatic rings. The predicted octanol–water partition coefficient (Wildman–Crippen LogP) is 1.53. The molecule has 0 aromatic rings. The summed E-state index contributed by atoms with van der Waals surface area (Å²) in [7, 11) is 0. The lowest BCUT2D eigenvalue weighted by atomic mass is 10.2. The van der Waals surface area contributed by atoms with E-state index >= 15 is 0 Å². The monoisotopic (exact) mass is 215 g/mol. The molecule has 1 heterocycles. The summed E-state index contributed by atoms with van der Waals surface area (Å²) in [5.74, 6) is 0.317. The first-order chi connectivity index (χ1) is 6.58. The van der Waals surface area contributed by atoms with Gasteiger partial charge in [0.05, 0.1) is 5.84 Å². The van der Waals surface area contributed by atoms with Crippen molar-refractivity contribution >= 4 is 17.6 Å². The van der Waals surface area contributed by atoms with Crippen molar-refractivity contribution in [2.45, 2.75) is 37.2 Å². The molecule has 4 heteroatoms. The van der Waals surface area contributed by atoms with E-state index in [0.717, 1.165) is 29.9 Å². The van der Waals surface area contributed by atoms with E-state index in [1.54, 1.807) is 0 Å². The molecule has 1 rings (SSSR count). The van der Waals surface area contributed by atoms with Gasteiger partial charge in [-0.15, -0.1) is 0 Å². The molecule has 82 valence electrons. The molecule has 2 atom stereocenters. The van der Waals surface area contributed by atoms with E-state index in [9.17, 15) is 0 Å². The highest BCUT2D eigenvalue weighted by atomic mass is 32.2. The largest absolute Gasteiger partial charge is 0.388 e. The van der Waals surface area contributed by atoms with Gasteiger partial charge in [-0.3, -0.25) is 5.41 Å². The van der Waals surface area contributed by atoms with Crippen molar-refractivity contribution in [3.8, 4) is 0 Å². The number of nitrogens with two attached hydrogens (primary N) is 1. The molecule has 1 fully saturated rings. The summed E-state index contributed by atoms with van der Waals surface area (Å²) in [5.41, 5.74) is 5.32. The number of rotatable bonds is 4. The van der Waals surface area contributed by atoms with Crippen LogP contribution in [0, 0.1) is 5.41 Å². The molecule has 0 spiro atoms. The lowest BCUT2D eigenvalue weighted by molar-refractivity contribution is 0.269. The minimum Gasteiger partial charge on any atom is -0.388 e. The van der Waals surface area contributed by atoms with Gasteiger partial charge in [0.1, 0.15) is 0 Å². The molecule has 0 aliphatic carbocycles. The van der Waals surface area contributed by atoms with E-state index < -0.39 is 0 Å². The third kappa shape index (κ3) is 4.33. The summed E-state index contributed by atoms with van der Waals surface area (Å²) in [5, 5.41) is 8.64. The van der Waals surface area contributed by atoms with Gasteiger partial charge in [-0.1, -0.05) is 13.8 Å². The quantitative estimate of drug-likeness (QED) is 0.552. The van der Waals surface area contributed by atoms with Gasteiger partial charge < -0.3 is 10.6 Å². The normalized spacial score (nSPS) is 29.0. The van der Waals surface area contributed by atoms with Gasteiger partial charge in [0.2, 0.25) is 0 Å². The third-order valence-corrected chi connectivity index (χ3v) is 3.64. The van der Waals surface area contributed by atoms with Gasteiger partial charge in [0.25, 0.3) is 0 Å². The average Bonchev–Trinajstić information content (AvgIpc) is 2.01. The minimum absolute atomic E-state index is 0.317. The molecular weight excluding hydrogens is 194 g/mol. The molecule has 0 bridgehead atoms. The Hall–Kier alpha value is -0.220. The van der Waals surface area contributed by atoms with Gasteiger partial charge in [-0.05, 0) is 13.0 Å². The van der Waals surface area contributed by atoms with Crippen LogP contribution in [-0.2, 0) is 0 Å². The maximum absolute atomic E-state index is 7.15. The molecule has 0 amide bonds. The summed E-state index contributed by atoms with van der Waals surface area (Å²) in [6.07, 6.45) is 1.77. The van der Waals surface area contributed by atoms with E-state index in [0.29, 0.717) is 5.84 Å². The van der Waals surface area contributed by atoms with Crippen LogP contribution in [-0.4, -0.2) is 40.9 Å². The molecular formula is C10H21N3S. The van der Waals surface area contributed by atoms with Gasteiger partial charge >= 0.3 is 0 Å². The molecule has 14 heavy (non-hydrogen) atoms. The van der Waals surface area contributed by atoms with Crippen molar-refractivity contribution in [2.75, 3.05) is 19.6 Å². The Morgan fingerprint density at radius 3 is 2.50 bits per heavy atom. The number of hydrogen-bond donors (Lipinski definition) is 2. The van der Waals surface area contributed by atoms with E-state index in [-0.39, 0.29) is 0 Å². The highest BCUT2D eigenvalue weighted by Crippen LogP contribution is 2.24. The van der Waals surface area contributed by atoms with Crippen LogP contribution < -0.4 is 5.73 Å². The van der Waals surface area contributed by atoms with Crippen molar-refractivity contribution in [1.29, 1.82) is 5.41 Å². The van der Waals surface area contributed by atoms with Crippen molar-refractivity contribution in [3.05, 3.63) is 0 Å². The van der Waals surface area contributed by atoms with Crippen LogP contribution in [0.3, 0.4) is 0 Å². The zero-order valence-corrected chi connectivity index (χ0v) is 9.94. The van der Waals surface area contributed by atoms with Crippen LogP contribution in [0.1, 0.15) is 26.7 Å². The fourth-order valence-electron chi connectivity index (χ4n) is 1.96. The number of nitrogens with one attached hydrogen (secondary N) is 1. The molecule has 0 aromatic carbocycles. The second-order valence-electron chi connectivity index (χ2n) is 4.15. The topological polar surface area (TPSA) is 53.1 Å². The van der Waals surface area contributed by atoms with Crippen LogP contribution in [0.2, 0.25) is 0 Å². The summed E-state index contributed by atoms with van der Waals surface area (Å²) >= 11 is 2.08. The average molecular weight is 215 g/mol. The van der Waals surface area contributed by atoms with Crippen molar-refractivity contribution in [1.82, 2.24) is 4.90 Å². The molecule has 1 saturated heterocycles. The Balaban J connectivity index is 2.20. The maximum Gasteiger partial charge on any atom is 0.0905 e. The lowest BCUT2D eigenvalue weighted by Gasteiger charge is -2.34. The lowest BCUT2D eigenvalue weighted by Crippen LogP contribution is -2.40. The van der Waals surface area contributed by atoms with Gasteiger partial charge in [0.15, 0.2) is 0 Å². The van der Waals surface area contributed by atoms with Crippen molar-refractivity contribution < 1.29 is 0 Å². The smallest absolute Gasteiger partial charge is 0.0905 e. The standard InChI is InChI=1S/C10H21N3S/c1-8-6-13(7-9(2)14-8)5-3-4-10(11)12/h8-9H,3-7H2,1-2H3,(H3,11,12). The number of hydrogen-bond acceptors (Lipinski definition) is 3. The zero-order chi connectivity index (χ0) is 10.6. The minimum atomic E-state index is 0.317. The predicted molar refractivity (Wildman–Crippen MR) is 64.1 cm³/mol. The molecule has 0 radical (unpaired) electrons. The van der Waals surface area contributed by atoms with Crippen molar-refractivity contribution in [3.63, 3.8) is 0 Å². The highest BCUT2D eigenvalue weighted by Gasteiger charge is 2.21. The fraction of sp³-hybridized carbons (Fsp3) is 0.900. The molecule has 0 saturated carbocycles. The van der Waals surface area contributed by atoms with E-state index in [1.807, 2.05) is 0 Å². The Morgan fingerprint density at radius 2 is 2.00 bits per heavy atom. The summed E-state index contributed by atoms with van der Waals surface area (Å²) in [6.45, 7) is 8.05. The van der Waals surface area contributed by atoms with Gasteiger partial charge in [-0.2, -0.15) is 11.8 Å². The summed E-state index contributed by atoms with van der Waals surface area (Å²) in [4.78, 5) is 2.49. The first-order valence-electron chi connectivity index (χ1n) is 5.28. The summed E-state index contributed by atoms with van der Waals surface area (Å²) < 4.78 is 0. The molecule has 1 aliphatic heterocycles. The highest BCUT2D eigenvalue weighted by molar-refractivity contribution is 8.00. The number of amidine groups is 1. The van der Waals surface area contributed by atoms with Crippen LogP contribution in [0.15, 0.2) is 0 Å². The Kier molecular flexibility index (Phi) is 4.75.